The van der Waals surface area contributed by atoms with Crippen LogP contribution in [0.4, 0.5) is 5.69 Å². The van der Waals surface area contributed by atoms with Crippen molar-refractivity contribution in [3.05, 3.63) is 129 Å². The Morgan fingerprint density at radius 2 is 1.43 bits per heavy atom. The lowest BCUT2D eigenvalue weighted by molar-refractivity contribution is -0.140. The zero-order valence-electron chi connectivity index (χ0n) is 24.2. The first-order chi connectivity index (χ1) is 21.0. The van der Waals surface area contributed by atoms with Gasteiger partial charge in [0.1, 0.15) is 12.6 Å². The third-order valence-electron chi connectivity index (χ3n) is 6.89. The number of hydrogen-bond donors (Lipinski definition) is 1. The van der Waals surface area contributed by atoms with Crippen molar-refractivity contribution in [2.45, 2.75) is 37.8 Å². The highest BCUT2D eigenvalue weighted by Gasteiger charge is 2.34. The molecule has 0 aromatic heterocycles. The molecular formula is C33H32Cl3N3O4S. The van der Waals surface area contributed by atoms with E-state index < -0.39 is 28.5 Å². The van der Waals surface area contributed by atoms with Crippen LogP contribution in [-0.2, 0) is 32.6 Å². The molecule has 0 bridgehead atoms. The van der Waals surface area contributed by atoms with Gasteiger partial charge in [0.25, 0.3) is 10.0 Å². The summed E-state index contributed by atoms with van der Waals surface area (Å²) in [5.41, 5.74) is 2.48. The molecule has 1 N–H and O–H groups in total. The Balaban J connectivity index is 1.82. The van der Waals surface area contributed by atoms with Crippen LogP contribution in [0, 0.1) is 6.92 Å². The van der Waals surface area contributed by atoms with E-state index in [1.165, 1.54) is 35.2 Å². The summed E-state index contributed by atoms with van der Waals surface area (Å²) in [4.78, 5) is 29.3. The van der Waals surface area contributed by atoms with Gasteiger partial charge < -0.3 is 10.2 Å². The number of benzene rings is 4. The number of amides is 2. The number of carbonyl (C=O) groups is 2. The minimum absolute atomic E-state index is 0.00273. The zero-order valence-corrected chi connectivity index (χ0v) is 27.3. The molecule has 1 atom stereocenters. The van der Waals surface area contributed by atoms with Gasteiger partial charge in [-0.25, -0.2) is 8.42 Å². The highest BCUT2D eigenvalue weighted by atomic mass is 35.5. The second-order valence-electron chi connectivity index (χ2n) is 10.2. The van der Waals surface area contributed by atoms with E-state index in [1.54, 1.807) is 43.3 Å². The molecule has 7 nitrogen and oxygen atoms in total. The topological polar surface area (TPSA) is 86.8 Å². The number of aryl methyl sites for hydroxylation is 1. The molecule has 2 amide bonds. The highest BCUT2D eigenvalue weighted by molar-refractivity contribution is 7.92. The van der Waals surface area contributed by atoms with Crippen molar-refractivity contribution in [3.8, 4) is 0 Å². The average Bonchev–Trinajstić information content (AvgIpc) is 2.98. The molecular weight excluding hydrogens is 641 g/mol. The summed E-state index contributed by atoms with van der Waals surface area (Å²) < 4.78 is 29.2. The van der Waals surface area contributed by atoms with Crippen LogP contribution in [0.3, 0.4) is 0 Å². The van der Waals surface area contributed by atoms with Crippen LogP contribution >= 0.6 is 34.8 Å². The Morgan fingerprint density at radius 1 is 0.795 bits per heavy atom. The third kappa shape index (κ3) is 8.54. The molecule has 4 aromatic carbocycles. The van der Waals surface area contributed by atoms with E-state index in [1.807, 2.05) is 37.3 Å². The van der Waals surface area contributed by atoms with Gasteiger partial charge in [0.05, 0.1) is 10.6 Å². The monoisotopic (exact) mass is 671 g/mol. The van der Waals surface area contributed by atoms with Crippen molar-refractivity contribution in [2.24, 2.45) is 0 Å². The minimum Gasteiger partial charge on any atom is -0.355 e. The SMILES string of the molecule is CCNC(=O)C(Cc1ccccc1)N(Cc1cccc(Cl)c1)C(=O)CN(c1cc(Cl)cc(Cl)c1)S(=O)(=O)c1ccc(C)cc1. The summed E-state index contributed by atoms with van der Waals surface area (Å²) in [7, 11) is -4.28. The van der Waals surface area contributed by atoms with Gasteiger partial charge in [-0.2, -0.15) is 0 Å². The predicted molar refractivity (Wildman–Crippen MR) is 177 cm³/mol. The third-order valence-corrected chi connectivity index (χ3v) is 9.35. The van der Waals surface area contributed by atoms with Gasteiger partial charge in [0, 0.05) is 34.6 Å². The van der Waals surface area contributed by atoms with Crippen molar-refractivity contribution in [1.29, 1.82) is 0 Å². The fourth-order valence-electron chi connectivity index (χ4n) is 4.73. The quantitative estimate of drug-likeness (QED) is 0.177. The van der Waals surface area contributed by atoms with E-state index >= 15 is 0 Å². The Hall–Kier alpha value is -3.56. The van der Waals surface area contributed by atoms with Crippen LogP contribution < -0.4 is 9.62 Å². The molecule has 0 fully saturated rings. The van der Waals surface area contributed by atoms with Gasteiger partial charge in [0.2, 0.25) is 11.8 Å². The van der Waals surface area contributed by atoms with Crippen molar-refractivity contribution in [3.63, 3.8) is 0 Å². The lowest BCUT2D eigenvalue weighted by Crippen LogP contribution is -2.53. The first-order valence-corrected chi connectivity index (χ1v) is 16.5. The second-order valence-corrected chi connectivity index (χ2v) is 13.4. The smallest absolute Gasteiger partial charge is 0.264 e. The van der Waals surface area contributed by atoms with Crippen molar-refractivity contribution in [2.75, 3.05) is 17.4 Å². The van der Waals surface area contributed by atoms with Crippen LogP contribution in [0.15, 0.2) is 102 Å². The van der Waals surface area contributed by atoms with Crippen LogP contribution in [0.25, 0.3) is 0 Å². The molecule has 0 saturated carbocycles. The maximum Gasteiger partial charge on any atom is 0.264 e. The minimum atomic E-state index is -4.28. The fraction of sp³-hybridized carbons (Fsp3) is 0.212. The van der Waals surface area contributed by atoms with Gasteiger partial charge in [-0.05, 0) is 67.4 Å². The van der Waals surface area contributed by atoms with E-state index in [9.17, 15) is 18.0 Å². The Kier molecular flexibility index (Phi) is 11.3. The van der Waals surface area contributed by atoms with Gasteiger partial charge in [-0.15, -0.1) is 0 Å². The molecule has 1 unspecified atom stereocenters. The number of rotatable bonds is 12. The summed E-state index contributed by atoms with van der Waals surface area (Å²) in [5, 5.41) is 3.69. The number of halogens is 3. The molecule has 0 saturated heterocycles. The summed E-state index contributed by atoms with van der Waals surface area (Å²) in [6.07, 6.45) is 0.201. The normalized spacial score (nSPS) is 11.9. The second kappa shape index (κ2) is 14.9. The molecule has 0 aliphatic heterocycles. The average molecular weight is 673 g/mol. The van der Waals surface area contributed by atoms with Crippen LogP contribution in [0.5, 0.6) is 0 Å². The number of nitrogens with zero attached hydrogens (tertiary/aromatic N) is 2. The lowest BCUT2D eigenvalue weighted by atomic mass is 10.0. The van der Waals surface area contributed by atoms with E-state index in [0.29, 0.717) is 17.1 Å². The van der Waals surface area contributed by atoms with Gasteiger partial charge in [0.15, 0.2) is 0 Å². The molecule has 0 spiro atoms. The van der Waals surface area contributed by atoms with E-state index in [0.717, 1.165) is 15.4 Å². The van der Waals surface area contributed by atoms with E-state index in [4.69, 9.17) is 34.8 Å². The molecule has 11 heteroatoms. The fourth-order valence-corrected chi connectivity index (χ4v) is 6.85. The lowest BCUT2D eigenvalue weighted by Gasteiger charge is -2.34. The number of nitrogens with one attached hydrogen (secondary N) is 1. The van der Waals surface area contributed by atoms with Crippen LogP contribution in [-0.4, -0.2) is 44.3 Å². The van der Waals surface area contributed by atoms with E-state index in [-0.39, 0.29) is 39.5 Å². The maximum atomic E-state index is 14.4. The summed E-state index contributed by atoms with van der Waals surface area (Å²) in [5.74, 6) is -0.977. The molecule has 0 aliphatic rings. The molecule has 0 radical (unpaired) electrons. The number of carbonyl (C=O) groups excluding carboxylic acids is 2. The Morgan fingerprint density at radius 3 is 2.05 bits per heavy atom. The Bertz CT molecular complexity index is 1700. The van der Waals surface area contributed by atoms with Crippen LogP contribution in [0.1, 0.15) is 23.6 Å². The van der Waals surface area contributed by atoms with Crippen molar-refractivity contribution in [1.82, 2.24) is 10.2 Å². The maximum absolute atomic E-state index is 14.4. The van der Waals surface area contributed by atoms with E-state index in [2.05, 4.69) is 5.32 Å². The number of anilines is 1. The number of sulfonamides is 1. The molecule has 4 rings (SSSR count). The van der Waals surface area contributed by atoms with Gasteiger partial charge >= 0.3 is 0 Å². The molecule has 0 heterocycles. The first kappa shape index (κ1) is 33.3. The van der Waals surface area contributed by atoms with Crippen molar-refractivity contribution >= 4 is 62.3 Å². The van der Waals surface area contributed by atoms with Gasteiger partial charge in [-0.3, -0.25) is 13.9 Å². The summed E-state index contributed by atoms with van der Waals surface area (Å²) in [6.45, 7) is 3.36. The standard InChI is InChI=1S/C33H32Cl3N3O4S/c1-3-37-33(41)31(17-24-8-5-4-6-9-24)38(21-25-10-7-11-26(34)16-25)32(40)22-39(29-19-27(35)18-28(36)20-29)44(42,43)30-14-12-23(2)13-15-30/h4-16,18-20,31H,3,17,21-22H2,1-2H3,(H,37,41). The molecule has 44 heavy (non-hydrogen) atoms. The largest absolute Gasteiger partial charge is 0.355 e. The van der Waals surface area contributed by atoms with Gasteiger partial charge in [-0.1, -0.05) is 95.0 Å². The number of likely N-dealkylation sites (N-methyl/N-ethyl adjacent to an activating group) is 1. The summed E-state index contributed by atoms with van der Waals surface area (Å²) in [6, 6.07) is 25.9. The van der Waals surface area contributed by atoms with Crippen LogP contribution in [0.2, 0.25) is 15.1 Å². The molecule has 0 aliphatic carbocycles. The zero-order chi connectivity index (χ0) is 31.9. The predicted octanol–water partition coefficient (Wildman–Crippen LogP) is 6.93. The number of hydrogen-bond acceptors (Lipinski definition) is 4. The Labute approximate surface area is 273 Å². The summed E-state index contributed by atoms with van der Waals surface area (Å²) >= 11 is 18.8. The molecule has 230 valence electrons. The highest BCUT2D eigenvalue weighted by Crippen LogP contribution is 2.30. The first-order valence-electron chi connectivity index (χ1n) is 13.9. The van der Waals surface area contributed by atoms with Crippen molar-refractivity contribution < 1.29 is 18.0 Å². The molecule has 4 aromatic rings.